The monoisotopic (exact) mass is 654 g/mol. The Labute approximate surface area is 298 Å². The standard InChI is InChI=1S/C49H38N2/c1-49(2,3)37-26-34-19-22-40-42(32-17-15-31(16-18-32)36-10-9-25-50-30-36)29-43(41-23-20-35(27-37)47(34)48(40)41)33-21-24-46-44(28-33)39-13-7-8-14-45(39)51(46)38-11-5-4-6-12-38/h4-29,50H,30H2,1-3H3. The lowest BCUT2D eigenvalue weighted by molar-refractivity contribution is 0.591. The smallest absolute Gasteiger partial charge is 0.0541 e. The van der Waals surface area contributed by atoms with E-state index in [0.29, 0.717) is 0 Å². The van der Waals surface area contributed by atoms with Gasteiger partial charge < -0.3 is 9.88 Å². The van der Waals surface area contributed by atoms with Crippen molar-refractivity contribution in [2.45, 2.75) is 26.2 Å². The minimum atomic E-state index is 0.0654. The van der Waals surface area contributed by atoms with Crippen molar-refractivity contribution in [3.63, 3.8) is 0 Å². The molecule has 0 unspecified atom stereocenters. The van der Waals surface area contributed by atoms with Gasteiger partial charge in [-0.1, -0.05) is 130 Å². The van der Waals surface area contributed by atoms with Gasteiger partial charge in [0, 0.05) is 23.0 Å². The average molecular weight is 655 g/mol. The zero-order valence-electron chi connectivity index (χ0n) is 29.2. The van der Waals surface area contributed by atoms with Crippen molar-refractivity contribution in [1.82, 2.24) is 9.88 Å². The van der Waals surface area contributed by atoms with Crippen LogP contribution in [0.5, 0.6) is 0 Å². The summed E-state index contributed by atoms with van der Waals surface area (Å²) in [5.74, 6) is 0. The summed E-state index contributed by atoms with van der Waals surface area (Å²) >= 11 is 0. The molecule has 0 atom stereocenters. The van der Waals surface area contributed by atoms with Crippen LogP contribution in [-0.4, -0.2) is 11.1 Å². The van der Waals surface area contributed by atoms with Gasteiger partial charge >= 0.3 is 0 Å². The van der Waals surface area contributed by atoms with Crippen molar-refractivity contribution in [3.8, 4) is 27.9 Å². The average Bonchev–Trinajstić information content (AvgIpc) is 3.50. The third-order valence-electron chi connectivity index (χ3n) is 11.0. The van der Waals surface area contributed by atoms with E-state index in [2.05, 4.69) is 182 Å². The first-order chi connectivity index (χ1) is 24.9. The summed E-state index contributed by atoms with van der Waals surface area (Å²) in [6.45, 7) is 7.76. The normalized spacial score (nSPS) is 13.5. The van der Waals surface area contributed by atoms with Gasteiger partial charge in [0.15, 0.2) is 0 Å². The largest absolute Gasteiger partial charge is 0.387 e. The number of para-hydroxylation sites is 2. The fourth-order valence-corrected chi connectivity index (χ4v) is 8.34. The van der Waals surface area contributed by atoms with E-state index in [1.54, 1.807) is 0 Å². The number of fused-ring (bicyclic) bond motifs is 3. The second kappa shape index (κ2) is 11.2. The predicted octanol–water partition coefficient (Wildman–Crippen LogP) is 12.8. The molecule has 2 nitrogen and oxygen atoms in total. The second-order valence-electron chi connectivity index (χ2n) is 15.0. The summed E-state index contributed by atoms with van der Waals surface area (Å²) in [6, 6.07) is 52.4. The molecular weight excluding hydrogens is 617 g/mol. The van der Waals surface area contributed by atoms with Gasteiger partial charge in [-0.3, -0.25) is 0 Å². The molecule has 0 spiro atoms. The van der Waals surface area contributed by atoms with Crippen LogP contribution >= 0.6 is 0 Å². The van der Waals surface area contributed by atoms with Crippen LogP contribution in [0, 0.1) is 0 Å². The van der Waals surface area contributed by atoms with Gasteiger partial charge in [0.25, 0.3) is 0 Å². The Morgan fingerprint density at radius 1 is 0.529 bits per heavy atom. The van der Waals surface area contributed by atoms with Crippen LogP contribution in [0.4, 0.5) is 0 Å². The second-order valence-corrected chi connectivity index (χ2v) is 15.0. The maximum absolute atomic E-state index is 3.36. The van der Waals surface area contributed by atoms with Crippen LogP contribution in [-0.2, 0) is 5.41 Å². The third-order valence-corrected chi connectivity index (χ3v) is 11.0. The summed E-state index contributed by atoms with van der Waals surface area (Å²) < 4.78 is 2.39. The molecule has 51 heavy (non-hydrogen) atoms. The first kappa shape index (κ1) is 29.8. The number of allylic oxidation sites excluding steroid dienone is 2. The minimum Gasteiger partial charge on any atom is -0.387 e. The number of dihydropyridines is 1. The molecule has 8 aromatic carbocycles. The zero-order chi connectivity index (χ0) is 34.3. The fourth-order valence-electron chi connectivity index (χ4n) is 8.34. The minimum absolute atomic E-state index is 0.0654. The van der Waals surface area contributed by atoms with E-state index in [4.69, 9.17) is 0 Å². The summed E-state index contributed by atoms with van der Waals surface area (Å²) in [5.41, 5.74) is 12.6. The highest BCUT2D eigenvalue weighted by molar-refractivity contribution is 6.28. The molecule has 1 aliphatic heterocycles. The summed E-state index contributed by atoms with van der Waals surface area (Å²) in [6.07, 6.45) is 6.29. The van der Waals surface area contributed by atoms with Gasteiger partial charge in [0.2, 0.25) is 0 Å². The van der Waals surface area contributed by atoms with Gasteiger partial charge in [0.05, 0.1) is 11.0 Å². The Hall–Kier alpha value is -6.12. The molecule has 1 aliphatic rings. The number of aromatic nitrogens is 1. The van der Waals surface area contributed by atoms with Gasteiger partial charge in [0.1, 0.15) is 0 Å². The van der Waals surface area contributed by atoms with Gasteiger partial charge in [-0.15, -0.1) is 0 Å². The molecule has 244 valence electrons. The van der Waals surface area contributed by atoms with Crippen LogP contribution in [0.1, 0.15) is 31.9 Å². The summed E-state index contributed by atoms with van der Waals surface area (Å²) in [7, 11) is 0. The number of hydrogen-bond donors (Lipinski definition) is 1. The molecule has 9 aromatic rings. The van der Waals surface area contributed by atoms with E-state index in [9.17, 15) is 0 Å². The van der Waals surface area contributed by atoms with Crippen molar-refractivity contribution in [1.29, 1.82) is 0 Å². The van der Waals surface area contributed by atoms with Crippen molar-refractivity contribution in [3.05, 3.63) is 169 Å². The van der Waals surface area contributed by atoms with Crippen molar-refractivity contribution in [2.75, 3.05) is 6.54 Å². The number of nitrogens with one attached hydrogen (secondary N) is 1. The summed E-state index contributed by atoms with van der Waals surface area (Å²) in [5, 5.41) is 13.8. The van der Waals surface area contributed by atoms with Gasteiger partial charge in [-0.25, -0.2) is 0 Å². The number of hydrogen-bond acceptors (Lipinski definition) is 1. The van der Waals surface area contributed by atoms with E-state index in [-0.39, 0.29) is 5.41 Å². The molecule has 0 radical (unpaired) electrons. The van der Waals surface area contributed by atoms with Crippen molar-refractivity contribution in [2.24, 2.45) is 0 Å². The SMILES string of the molecule is CC(C)(C)c1cc2ccc3c(-c4ccc(C5=CC=CNC5)cc4)cc(-c4ccc5c(c4)c4ccccc4n5-c4ccccc4)c4ccc(c1)c2c34. The van der Waals surface area contributed by atoms with E-state index in [1.165, 1.54) is 98.8 Å². The van der Waals surface area contributed by atoms with Crippen LogP contribution in [0.3, 0.4) is 0 Å². The molecule has 2 heteroatoms. The maximum Gasteiger partial charge on any atom is 0.0541 e. The number of benzene rings is 8. The van der Waals surface area contributed by atoms with E-state index < -0.39 is 0 Å². The molecular formula is C49H38N2. The van der Waals surface area contributed by atoms with Gasteiger partial charge in [-0.05, 0) is 125 Å². The Balaban J connectivity index is 1.25. The first-order valence-corrected chi connectivity index (χ1v) is 18.0. The molecule has 1 aromatic heterocycles. The molecule has 0 aliphatic carbocycles. The molecule has 1 N–H and O–H groups in total. The number of nitrogens with zero attached hydrogens (tertiary/aromatic N) is 1. The van der Waals surface area contributed by atoms with Crippen LogP contribution in [0.2, 0.25) is 0 Å². The molecule has 2 heterocycles. The summed E-state index contributed by atoms with van der Waals surface area (Å²) in [4.78, 5) is 0. The Morgan fingerprint density at radius 3 is 1.88 bits per heavy atom. The van der Waals surface area contributed by atoms with E-state index >= 15 is 0 Å². The van der Waals surface area contributed by atoms with E-state index in [0.717, 1.165) is 6.54 Å². The predicted molar refractivity (Wildman–Crippen MR) is 219 cm³/mol. The van der Waals surface area contributed by atoms with Crippen LogP contribution < -0.4 is 5.32 Å². The van der Waals surface area contributed by atoms with E-state index in [1.807, 2.05) is 6.20 Å². The lowest BCUT2D eigenvalue weighted by atomic mass is 9.81. The third kappa shape index (κ3) is 4.71. The topological polar surface area (TPSA) is 17.0 Å². The van der Waals surface area contributed by atoms with Crippen molar-refractivity contribution < 1.29 is 0 Å². The number of rotatable bonds is 4. The fraction of sp³-hybridized carbons (Fsp3) is 0.102. The van der Waals surface area contributed by atoms with Crippen molar-refractivity contribution >= 4 is 59.7 Å². The molecule has 10 rings (SSSR count). The Kier molecular flexibility index (Phi) is 6.54. The highest BCUT2D eigenvalue weighted by atomic mass is 15.0. The lowest BCUT2D eigenvalue weighted by Crippen LogP contribution is -2.11. The van der Waals surface area contributed by atoms with Crippen LogP contribution in [0.25, 0.3) is 87.6 Å². The highest BCUT2D eigenvalue weighted by Crippen LogP contribution is 2.46. The van der Waals surface area contributed by atoms with Gasteiger partial charge in [-0.2, -0.15) is 0 Å². The lowest BCUT2D eigenvalue weighted by Gasteiger charge is -2.23. The molecule has 0 saturated carbocycles. The quantitative estimate of drug-likeness (QED) is 0.187. The zero-order valence-corrected chi connectivity index (χ0v) is 29.2. The Morgan fingerprint density at radius 2 is 1.18 bits per heavy atom. The first-order valence-electron chi connectivity index (χ1n) is 18.0. The van der Waals surface area contributed by atoms with Crippen LogP contribution in [0.15, 0.2) is 158 Å². The highest BCUT2D eigenvalue weighted by Gasteiger charge is 2.21. The molecule has 0 fully saturated rings. The Bertz CT molecular complexity index is 2840. The maximum atomic E-state index is 3.36. The molecule has 0 bridgehead atoms. The molecule has 0 saturated heterocycles. The molecule has 0 amide bonds.